The molecule has 5 N–H and O–H groups in total. The van der Waals surface area contributed by atoms with Gasteiger partial charge < -0.3 is 25.8 Å². The van der Waals surface area contributed by atoms with E-state index in [2.05, 4.69) is 77.7 Å². The molecule has 1 aliphatic carbocycles. The van der Waals surface area contributed by atoms with Crippen LogP contribution in [0.15, 0.2) is 76.3 Å². The average Bonchev–Trinajstić information content (AvgIpc) is 3.22. The minimum absolute atomic E-state index is 0.381. The van der Waals surface area contributed by atoms with Crippen LogP contribution < -0.4 is 16.4 Å². The van der Waals surface area contributed by atoms with E-state index in [-0.39, 0.29) is 0 Å². The van der Waals surface area contributed by atoms with Crippen LogP contribution in [0.4, 0.5) is 5.82 Å². The third-order valence-electron chi connectivity index (χ3n) is 7.45. The monoisotopic (exact) mass is 513 g/mol. The van der Waals surface area contributed by atoms with Crippen LogP contribution in [0, 0.1) is 6.92 Å². The summed E-state index contributed by atoms with van der Waals surface area (Å²) in [5.74, 6) is 3.86. The molecule has 2 saturated heterocycles. The van der Waals surface area contributed by atoms with Crippen molar-refractivity contribution in [3.63, 3.8) is 0 Å². The Balaban J connectivity index is 1.16. The van der Waals surface area contributed by atoms with Gasteiger partial charge >= 0.3 is 0 Å². The fraction of sp³-hybridized carbons (Fsp3) is 0.393. The number of nitrogens with zero attached hydrogens (tertiary/aromatic N) is 5. The molecule has 1 aromatic carbocycles. The van der Waals surface area contributed by atoms with Gasteiger partial charge in [-0.05, 0) is 31.7 Å². The second kappa shape index (κ2) is 10.4. The lowest BCUT2D eigenvalue weighted by atomic mass is 10.2. The maximum atomic E-state index is 6.42. The van der Waals surface area contributed by atoms with Crippen LogP contribution in [0.25, 0.3) is 0 Å². The van der Waals surface area contributed by atoms with Crippen molar-refractivity contribution in [3.05, 3.63) is 89.5 Å². The number of fused-ring (bicyclic) bond motifs is 2. The van der Waals surface area contributed by atoms with Gasteiger partial charge in [0.2, 0.25) is 0 Å². The third kappa shape index (κ3) is 5.60. The number of hydrogen-bond donors (Lipinski definition) is 4. The van der Waals surface area contributed by atoms with Gasteiger partial charge in [0.1, 0.15) is 11.7 Å². The van der Waals surface area contributed by atoms with E-state index in [1.165, 1.54) is 18.4 Å². The first-order valence-electron chi connectivity index (χ1n) is 13.3. The summed E-state index contributed by atoms with van der Waals surface area (Å²) in [4.78, 5) is 9.53. The van der Waals surface area contributed by atoms with E-state index < -0.39 is 0 Å². The molecule has 4 heterocycles. The van der Waals surface area contributed by atoms with E-state index in [4.69, 9.17) is 10.3 Å². The number of aromatic nitrogens is 3. The van der Waals surface area contributed by atoms with Crippen LogP contribution in [0.2, 0.25) is 0 Å². The lowest BCUT2D eigenvalue weighted by Gasteiger charge is -2.37. The molecule has 2 bridgehead atoms. The van der Waals surface area contributed by atoms with Crippen LogP contribution in [-0.4, -0.2) is 56.2 Å². The Morgan fingerprint density at radius 2 is 2.08 bits per heavy atom. The van der Waals surface area contributed by atoms with Gasteiger partial charge in [0.15, 0.2) is 11.6 Å². The number of nitrogens with two attached hydrogens (primary N) is 1. The number of piperazine rings is 1. The van der Waals surface area contributed by atoms with Crippen LogP contribution in [0.1, 0.15) is 47.9 Å². The molecule has 1 saturated carbocycles. The Morgan fingerprint density at radius 1 is 1.24 bits per heavy atom. The second-order valence-corrected chi connectivity index (χ2v) is 10.5. The van der Waals surface area contributed by atoms with Gasteiger partial charge in [-0.1, -0.05) is 42.1 Å². The van der Waals surface area contributed by atoms with E-state index in [0.29, 0.717) is 42.0 Å². The highest BCUT2D eigenvalue weighted by molar-refractivity contribution is 5.93. The lowest BCUT2D eigenvalue weighted by Crippen LogP contribution is -2.48. The molecule has 198 valence electrons. The number of aliphatic imine (C=N–C) groups is 1. The van der Waals surface area contributed by atoms with Gasteiger partial charge in [0.05, 0.1) is 18.1 Å². The van der Waals surface area contributed by atoms with Gasteiger partial charge in [0, 0.05) is 61.5 Å². The Morgan fingerprint density at radius 3 is 2.79 bits per heavy atom. The van der Waals surface area contributed by atoms with Gasteiger partial charge in [-0.3, -0.25) is 10.00 Å². The highest BCUT2D eigenvalue weighted by atomic mass is 16.5. The zero-order chi connectivity index (χ0) is 26.1. The Kier molecular flexibility index (Phi) is 6.63. The Bertz CT molecular complexity index is 1340. The summed E-state index contributed by atoms with van der Waals surface area (Å²) in [5.41, 5.74) is 9.75. The molecule has 2 aromatic heterocycles. The zero-order valence-electron chi connectivity index (χ0n) is 21.7. The molecule has 10 heteroatoms. The molecule has 0 amide bonds. The van der Waals surface area contributed by atoms with Crippen molar-refractivity contribution >= 4 is 11.7 Å². The van der Waals surface area contributed by atoms with Crippen molar-refractivity contribution < 1.29 is 4.52 Å². The van der Waals surface area contributed by atoms with Crippen molar-refractivity contribution in [2.45, 2.75) is 57.3 Å². The van der Waals surface area contributed by atoms with E-state index in [1.807, 2.05) is 25.1 Å². The third-order valence-corrected chi connectivity index (χ3v) is 7.45. The molecule has 2 atom stereocenters. The molecule has 0 radical (unpaired) electrons. The fourth-order valence-electron chi connectivity index (χ4n) is 5.43. The SMILES string of the molecule is C=C(NCc1cc(C)no1)NC(=CC(N)=Nc1cc(C2CC2)[nH]n1)N1C[C@H]2C[C@@H]1CN2Cc1ccccc1. The van der Waals surface area contributed by atoms with Crippen LogP contribution in [0.3, 0.4) is 0 Å². The van der Waals surface area contributed by atoms with Gasteiger partial charge in [0.25, 0.3) is 0 Å². The molecule has 3 aromatic rings. The molecule has 3 aliphatic rings. The summed E-state index contributed by atoms with van der Waals surface area (Å²) in [5, 5.41) is 18.1. The number of amidine groups is 1. The van der Waals surface area contributed by atoms with Crippen molar-refractivity contribution in [3.8, 4) is 0 Å². The number of likely N-dealkylation sites (tertiary alicyclic amines) is 2. The highest BCUT2D eigenvalue weighted by Crippen LogP contribution is 2.39. The predicted octanol–water partition coefficient (Wildman–Crippen LogP) is 3.22. The minimum atomic E-state index is 0.381. The van der Waals surface area contributed by atoms with E-state index in [1.54, 1.807) is 0 Å². The maximum absolute atomic E-state index is 6.42. The van der Waals surface area contributed by atoms with Crippen molar-refractivity contribution in [2.75, 3.05) is 13.1 Å². The highest BCUT2D eigenvalue weighted by Gasteiger charge is 2.44. The quantitative estimate of drug-likeness (QED) is 0.228. The molecule has 0 spiro atoms. The largest absolute Gasteiger partial charge is 0.384 e. The molecule has 0 unspecified atom stereocenters. The number of aryl methyl sites for hydroxylation is 1. The molecule has 3 fully saturated rings. The molecule has 38 heavy (non-hydrogen) atoms. The topological polar surface area (TPSA) is 124 Å². The van der Waals surface area contributed by atoms with Crippen molar-refractivity contribution in [1.29, 1.82) is 0 Å². The zero-order valence-corrected chi connectivity index (χ0v) is 21.7. The van der Waals surface area contributed by atoms with Crippen LogP contribution in [-0.2, 0) is 13.1 Å². The minimum Gasteiger partial charge on any atom is -0.384 e. The molecular formula is C28H35N9O. The number of H-pyrrole nitrogens is 1. The van der Waals surface area contributed by atoms with E-state index >= 15 is 0 Å². The molecule has 10 nitrogen and oxygen atoms in total. The molecular weight excluding hydrogens is 478 g/mol. The summed E-state index contributed by atoms with van der Waals surface area (Å²) in [6, 6.07) is 15.4. The second-order valence-electron chi connectivity index (χ2n) is 10.5. The van der Waals surface area contributed by atoms with Crippen molar-refractivity contribution in [1.82, 2.24) is 35.8 Å². The normalized spacial score (nSPS) is 21.8. The molecule has 2 aliphatic heterocycles. The van der Waals surface area contributed by atoms with Crippen LogP contribution in [0.5, 0.6) is 0 Å². The first-order valence-corrected chi connectivity index (χ1v) is 13.3. The van der Waals surface area contributed by atoms with Gasteiger partial charge in [-0.25, -0.2) is 4.99 Å². The first-order chi connectivity index (χ1) is 18.5. The van der Waals surface area contributed by atoms with Crippen LogP contribution >= 0.6 is 0 Å². The average molecular weight is 514 g/mol. The number of aromatic amines is 1. The van der Waals surface area contributed by atoms with Gasteiger partial charge in [-0.15, -0.1) is 0 Å². The first kappa shape index (κ1) is 24.3. The fourth-order valence-corrected chi connectivity index (χ4v) is 5.43. The number of nitrogens with one attached hydrogen (secondary N) is 3. The van der Waals surface area contributed by atoms with E-state index in [0.717, 1.165) is 49.0 Å². The molecule has 6 rings (SSSR count). The summed E-state index contributed by atoms with van der Waals surface area (Å²) in [6.07, 6.45) is 5.41. The Labute approximate surface area is 222 Å². The van der Waals surface area contributed by atoms with Crippen molar-refractivity contribution in [2.24, 2.45) is 10.7 Å². The van der Waals surface area contributed by atoms with Gasteiger partial charge in [-0.2, -0.15) is 5.10 Å². The standard InChI is InChI=1S/C28H35N9O/c1-18-10-24(38-35-18)14-30-19(2)31-28(13-26(29)32-27-12-25(33-34-27)21-8-9-21)37-17-22-11-23(37)16-36(22)15-20-6-4-3-5-7-20/h3-7,10,12-13,21-23,30-31H,2,8-9,11,14-17H2,1H3,(H3,29,32,33,34)/t22-,23-/m1/s1. The number of rotatable bonds is 11. The predicted molar refractivity (Wildman–Crippen MR) is 146 cm³/mol. The summed E-state index contributed by atoms with van der Waals surface area (Å²) < 4.78 is 5.31. The lowest BCUT2D eigenvalue weighted by molar-refractivity contribution is 0.143. The summed E-state index contributed by atoms with van der Waals surface area (Å²) >= 11 is 0. The number of benzene rings is 1. The van der Waals surface area contributed by atoms with E-state index in [9.17, 15) is 0 Å². The number of hydrogen-bond acceptors (Lipinski definition) is 8. The maximum Gasteiger partial charge on any atom is 0.175 e. The summed E-state index contributed by atoms with van der Waals surface area (Å²) in [7, 11) is 0. The summed E-state index contributed by atoms with van der Waals surface area (Å²) in [6.45, 7) is 9.45. The Hall–Kier alpha value is -4.05. The smallest absolute Gasteiger partial charge is 0.175 e.